The zero-order chi connectivity index (χ0) is 14.8. The SMILES string of the molecule is Nc1c(C(=O)NCCc2ccc(Cl)s2)sc2nccnc12. The van der Waals surface area contributed by atoms with Crippen LogP contribution < -0.4 is 11.1 Å². The van der Waals surface area contributed by atoms with Crippen LogP contribution in [0.5, 0.6) is 0 Å². The summed E-state index contributed by atoms with van der Waals surface area (Å²) >= 11 is 8.63. The molecule has 0 radical (unpaired) electrons. The molecule has 0 spiro atoms. The summed E-state index contributed by atoms with van der Waals surface area (Å²) < 4.78 is 0.752. The highest BCUT2D eigenvalue weighted by atomic mass is 35.5. The number of anilines is 1. The molecule has 3 heterocycles. The van der Waals surface area contributed by atoms with Crippen molar-refractivity contribution in [3.05, 3.63) is 38.6 Å². The highest BCUT2D eigenvalue weighted by Gasteiger charge is 2.17. The van der Waals surface area contributed by atoms with Crippen LogP contribution in [0.2, 0.25) is 4.34 Å². The van der Waals surface area contributed by atoms with Crippen molar-refractivity contribution >= 4 is 56.2 Å². The monoisotopic (exact) mass is 338 g/mol. The van der Waals surface area contributed by atoms with E-state index >= 15 is 0 Å². The molecule has 0 aliphatic rings. The molecule has 21 heavy (non-hydrogen) atoms. The fourth-order valence-electron chi connectivity index (χ4n) is 1.88. The van der Waals surface area contributed by atoms with E-state index in [2.05, 4.69) is 15.3 Å². The van der Waals surface area contributed by atoms with E-state index in [0.717, 1.165) is 15.6 Å². The summed E-state index contributed by atoms with van der Waals surface area (Å²) in [6, 6.07) is 3.81. The molecule has 0 saturated carbocycles. The molecule has 0 fully saturated rings. The van der Waals surface area contributed by atoms with Crippen molar-refractivity contribution in [2.45, 2.75) is 6.42 Å². The van der Waals surface area contributed by atoms with Crippen LogP contribution in [-0.2, 0) is 6.42 Å². The second-order valence-corrected chi connectivity index (χ2v) is 7.07. The van der Waals surface area contributed by atoms with Crippen molar-refractivity contribution in [2.24, 2.45) is 0 Å². The Labute approximate surface area is 133 Å². The van der Waals surface area contributed by atoms with Crippen LogP contribution in [0.4, 0.5) is 5.69 Å². The smallest absolute Gasteiger partial charge is 0.263 e. The van der Waals surface area contributed by atoms with E-state index < -0.39 is 0 Å². The largest absolute Gasteiger partial charge is 0.396 e. The highest BCUT2D eigenvalue weighted by molar-refractivity contribution is 7.21. The summed E-state index contributed by atoms with van der Waals surface area (Å²) in [4.78, 5) is 22.7. The van der Waals surface area contributed by atoms with Crippen LogP contribution in [0.1, 0.15) is 14.5 Å². The molecule has 0 aliphatic heterocycles. The van der Waals surface area contributed by atoms with Crippen LogP contribution in [0.3, 0.4) is 0 Å². The van der Waals surface area contributed by atoms with Gasteiger partial charge in [-0.2, -0.15) is 0 Å². The molecule has 8 heteroatoms. The van der Waals surface area contributed by atoms with Gasteiger partial charge < -0.3 is 11.1 Å². The van der Waals surface area contributed by atoms with Crippen molar-refractivity contribution < 1.29 is 4.79 Å². The van der Waals surface area contributed by atoms with Crippen LogP contribution in [0, 0.1) is 0 Å². The summed E-state index contributed by atoms with van der Waals surface area (Å²) in [5.41, 5.74) is 6.93. The van der Waals surface area contributed by atoms with Crippen molar-refractivity contribution in [3.63, 3.8) is 0 Å². The number of nitrogens with zero attached hydrogens (tertiary/aromatic N) is 2. The summed E-state index contributed by atoms with van der Waals surface area (Å²) in [5, 5.41) is 2.86. The second-order valence-electron chi connectivity index (χ2n) is 4.27. The van der Waals surface area contributed by atoms with Gasteiger partial charge in [0, 0.05) is 23.8 Å². The van der Waals surface area contributed by atoms with Gasteiger partial charge in [0.1, 0.15) is 15.2 Å². The fourth-order valence-corrected chi connectivity index (χ4v) is 3.90. The van der Waals surface area contributed by atoms with Gasteiger partial charge in [0.15, 0.2) is 0 Å². The average molecular weight is 339 g/mol. The number of amides is 1. The van der Waals surface area contributed by atoms with E-state index in [1.165, 1.54) is 22.7 Å². The Morgan fingerprint density at radius 3 is 2.81 bits per heavy atom. The van der Waals surface area contributed by atoms with E-state index in [4.69, 9.17) is 17.3 Å². The minimum atomic E-state index is -0.194. The molecule has 1 amide bonds. The topological polar surface area (TPSA) is 80.9 Å². The first-order valence-corrected chi connectivity index (χ1v) is 8.17. The molecule has 3 aromatic heterocycles. The van der Waals surface area contributed by atoms with Crippen LogP contribution in [0.25, 0.3) is 10.3 Å². The predicted molar refractivity (Wildman–Crippen MR) is 87.2 cm³/mol. The number of hydrogen-bond acceptors (Lipinski definition) is 6. The molecule has 108 valence electrons. The average Bonchev–Trinajstić information content (AvgIpc) is 3.03. The summed E-state index contributed by atoms with van der Waals surface area (Å²) in [6.45, 7) is 0.532. The minimum Gasteiger partial charge on any atom is -0.396 e. The quantitative estimate of drug-likeness (QED) is 0.766. The minimum absolute atomic E-state index is 0.194. The van der Waals surface area contributed by atoms with Crippen molar-refractivity contribution in [3.8, 4) is 0 Å². The normalized spacial score (nSPS) is 10.9. The Balaban J connectivity index is 1.68. The van der Waals surface area contributed by atoms with Gasteiger partial charge in [-0.15, -0.1) is 22.7 Å². The van der Waals surface area contributed by atoms with Gasteiger partial charge in [-0.05, 0) is 18.6 Å². The number of thiophene rings is 2. The van der Waals surface area contributed by atoms with E-state index in [-0.39, 0.29) is 5.91 Å². The lowest BCUT2D eigenvalue weighted by molar-refractivity contribution is 0.0959. The maximum atomic E-state index is 12.2. The molecule has 3 N–H and O–H groups in total. The number of hydrogen-bond donors (Lipinski definition) is 2. The number of nitrogens with one attached hydrogen (secondary N) is 1. The Morgan fingerprint density at radius 1 is 1.29 bits per heavy atom. The van der Waals surface area contributed by atoms with Crippen LogP contribution in [0.15, 0.2) is 24.5 Å². The maximum absolute atomic E-state index is 12.2. The Kier molecular flexibility index (Phi) is 4.05. The molecule has 3 rings (SSSR count). The number of nitrogen functional groups attached to an aromatic ring is 1. The third-order valence-corrected chi connectivity index (χ3v) is 5.25. The van der Waals surface area contributed by atoms with Gasteiger partial charge in [0.2, 0.25) is 0 Å². The lowest BCUT2D eigenvalue weighted by atomic mass is 10.3. The number of halogens is 1. The molecule has 0 aromatic carbocycles. The number of aromatic nitrogens is 2. The van der Waals surface area contributed by atoms with Crippen LogP contribution in [-0.4, -0.2) is 22.4 Å². The Hall–Kier alpha value is -1.70. The lowest BCUT2D eigenvalue weighted by Crippen LogP contribution is -2.25. The van der Waals surface area contributed by atoms with Crippen molar-refractivity contribution in [1.29, 1.82) is 0 Å². The van der Waals surface area contributed by atoms with Crippen molar-refractivity contribution in [1.82, 2.24) is 15.3 Å². The molecule has 0 atom stereocenters. The van der Waals surface area contributed by atoms with Gasteiger partial charge in [0.25, 0.3) is 5.91 Å². The first-order valence-electron chi connectivity index (χ1n) is 6.16. The van der Waals surface area contributed by atoms with Gasteiger partial charge in [-0.25, -0.2) is 9.97 Å². The zero-order valence-corrected chi connectivity index (χ0v) is 13.2. The van der Waals surface area contributed by atoms with E-state index in [1.54, 1.807) is 12.4 Å². The second kappa shape index (κ2) is 5.97. The maximum Gasteiger partial charge on any atom is 0.263 e. The summed E-state index contributed by atoms with van der Waals surface area (Å²) in [5.74, 6) is -0.194. The molecular weight excluding hydrogens is 328 g/mol. The molecule has 0 bridgehead atoms. The third-order valence-electron chi connectivity index (χ3n) is 2.86. The summed E-state index contributed by atoms with van der Waals surface area (Å²) in [7, 11) is 0. The molecule has 3 aromatic rings. The van der Waals surface area contributed by atoms with E-state index in [0.29, 0.717) is 27.5 Å². The van der Waals surface area contributed by atoms with Gasteiger partial charge in [-0.3, -0.25) is 4.79 Å². The molecular formula is C13H11ClN4OS2. The predicted octanol–water partition coefficient (Wildman–Crippen LogP) is 2.96. The Morgan fingerprint density at radius 2 is 2.10 bits per heavy atom. The zero-order valence-electron chi connectivity index (χ0n) is 10.8. The molecule has 5 nitrogen and oxygen atoms in total. The fraction of sp³-hybridized carbons (Fsp3) is 0.154. The number of nitrogens with two attached hydrogens (primary N) is 1. The first kappa shape index (κ1) is 14.2. The van der Waals surface area contributed by atoms with E-state index in [1.807, 2.05) is 12.1 Å². The number of carbonyl (C=O) groups is 1. The van der Waals surface area contributed by atoms with Crippen LogP contribution >= 0.6 is 34.3 Å². The molecule has 0 saturated heterocycles. The number of rotatable bonds is 4. The standard InChI is InChI=1S/C13H11ClN4OS2/c14-8-2-1-7(20-8)3-4-17-12(19)11-9(15)10-13(21-11)18-6-5-16-10/h1-2,5-6H,3-4,15H2,(H,17,19). The van der Waals surface area contributed by atoms with E-state index in [9.17, 15) is 4.79 Å². The lowest BCUT2D eigenvalue weighted by Gasteiger charge is -2.02. The van der Waals surface area contributed by atoms with Gasteiger partial charge in [-0.1, -0.05) is 11.6 Å². The third kappa shape index (κ3) is 2.99. The highest BCUT2D eigenvalue weighted by Crippen LogP contribution is 2.30. The van der Waals surface area contributed by atoms with Crippen molar-refractivity contribution in [2.75, 3.05) is 12.3 Å². The summed E-state index contributed by atoms with van der Waals surface area (Å²) in [6.07, 6.45) is 3.89. The van der Waals surface area contributed by atoms with Gasteiger partial charge >= 0.3 is 0 Å². The first-order chi connectivity index (χ1) is 10.1. The number of fused-ring (bicyclic) bond motifs is 1. The Bertz CT molecular complexity index is 798. The number of carbonyl (C=O) groups excluding carboxylic acids is 1. The molecule has 0 aliphatic carbocycles. The van der Waals surface area contributed by atoms with Gasteiger partial charge in [0.05, 0.1) is 10.0 Å². The molecule has 0 unspecified atom stereocenters.